The second kappa shape index (κ2) is 7.63. The second-order valence-corrected chi connectivity index (χ2v) is 5.50. The van der Waals surface area contributed by atoms with E-state index in [1.54, 1.807) is 0 Å². The van der Waals surface area contributed by atoms with Crippen molar-refractivity contribution in [1.82, 2.24) is 4.90 Å². The molecular formula is C19H18N2O4. The molecule has 0 spiro atoms. The molecule has 1 aliphatic rings. The summed E-state index contributed by atoms with van der Waals surface area (Å²) in [5.41, 5.74) is 1.88. The Bertz CT molecular complexity index is 785. The van der Waals surface area contributed by atoms with E-state index < -0.39 is 11.8 Å². The monoisotopic (exact) mass is 338 g/mol. The normalized spacial score (nSPS) is 13.8. The van der Waals surface area contributed by atoms with Gasteiger partial charge >= 0.3 is 0 Å². The highest BCUT2D eigenvalue weighted by Crippen LogP contribution is 2.18. The summed E-state index contributed by atoms with van der Waals surface area (Å²) in [7, 11) is 0. The smallest absolute Gasteiger partial charge is 0.277 e. The number of hydrogen-bond acceptors (Lipinski definition) is 5. The molecule has 1 heterocycles. The number of nitrogens with zero attached hydrogens (tertiary/aromatic N) is 1. The molecule has 0 unspecified atom stereocenters. The number of amides is 2. The zero-order chi connectivity index (χ0) is 17.6. The van der Waals surface area contributed by atoms with Crippen molar-refractivity contribution in [2.24, 2.45) is 0 Å². The number of carbonyl (C=O) groups is 2. The molecule has 25 heavy (non-hydrogen) atoms. The van der Waals surface area contributed by atoms with E-state index in [2.05, 4.69) is 5.32 Å². The molecule has 2 N–H and O–H groups in total. The quantitative estimate of drug-likeness (QED) is 0.754. The van der Waals surface area contributed by atoms with Gasteiger partial charge in [0, 0.05) is 11.8 Å². The highest BCUT2D eigenvalue weighted by molar-refractivity contribution is 6.17. The third kappa shape index (κ3) is 4.05. The molecule has 0 bridgehead atoms. The Kier molecular flexibility index (Phi) is 5.11. The molecule has 0 aliphatic carbocycles. The number of imide groups is 1. The number of nitrogens with one attached hydrogen (secondary N) is 1. The average molecular weight is 338 g/mol. The summed E-state index contributed by atoms with van der Waals surface area (Å²) in [5, 5.41) is 11.8. The van der Waals surface area contributed by atoms with Gasteiger partial charge in [-0.2, -0.15) is 0 Å². The lowest BCUT2D eigenvalue weighted by Crippen LogP contribution is -2.34. The van der Waals surface area contributed by atoms with Gasteiger partial charge in [-0.15, -0.1) is 0 Å². The summed E-state index contributed by atoms with van der Waals surface area (Å²) in [6.45, 7) is 0.179. The Labute approximate surface area is 145 Å². The Balaban J connectivity index is 1.59. The first kappa shape index (κ1) is 16.7. The molecule has 0 saturated carbocycles. The first-order chi connectivity index (χ1) is 12.2. The van der Waals surface area contributed by atoms with Crippen molar-refractivity contribution in [3.8, 4) is 5.75 Å². The number of hydrogen-bond donors (Lipinski definition) is 2. The van der Waals surface area contributed by atoms with Crippen LogP contribution in [-0.4, -0.2) is 35.0 Å². The van der Waals surface area contributed by atoms with Gasteiger partial charge in [-0.25, -0.2) is 0 Å². The number of rotatable bonds is 7. The number of ether oxygens (including phenoxy) is 1. The van der Waals surface area contributed by atoms with Crippen LogP contribution in [0.25, 0.3) is 0 Å². The van der Waals surface area contributed by atoms with Crippen LogP contribution < -0.4 is 10.1 Å². The number of carbonyl (C=O) groups excluding carboxylic acids is 2. The second-order valence-electron chi connectivity index (χ2n) is 5.50. The fourth-order valence-electron chi connectivity index (χ4n) is 2.43. The SMILES string of the molecule is O=C1C=C(Nc2ccc(COc3ccccc3)cc2)C(=O)N1CCO. The lowest BCUT2D eigenvalue weighted by Gasteiger charge is -2.13. The van der Waals surface area contributed by atoms with Crippen molar-refractivity contribution in [3.63, 3.8) is 0 Å². The first-order valence-corrected chi connectivity index (χ1v) is 7.89. The van der Waals surface area contributed by atoms with E-state index >= 15 is 0 Å². The number of para-hydroxylation sites is 1. The van der Waals surface area contributed by atoms with Crippen LogP contribution in [-0.2, 0) is 16.2 Å². The molecule has 0 atom stereocenters. The van der Waals surface area contributed by atoms with Crippen molar-refractivity contribution >= 4 is 17.5 Å². The van der Waals surface area contributed by atoms with Crippen molar-refractivity contribution in [3.05, 3.63) is 71.9 Å². The number of aliphatic hydroxyl groups is 1. The van der Waals surface area contributed by atoms with Crippen LogP contribution in [0.2, 0.25) is 0 Å². The largest absolute Gasteiger partial charge is 0.489 e. The number of anilines is 1. The van der Waals surface area contributed by atoms with Crippen LogP contribution in [0.3, 0.4) is 0 Å². The molecule has 2 amide bonds. The van der Waals surface area contributed by atoms with E-state index in [9.17, 15) is 9.59 Å². The van der Waals surface area contributed by atoms with E-state index in [4.69, 9.17) is 9.84 Å². The van der Waals surface area contributed by atoms with Crippen LogP contribution in [0.5, 0.6) is 5.75 Å². The third-order valence-corrected chi connectivity index (χ3v) is 3.71. The highest BCUT2D eigenvalue weighted by Gasteiger charge is 2.30. The van der Waals surface area contributed by atoms with Gasteiger partial charge in [0.2, 0.25) is 0 Å². The summed E-state index contributed by atoms with van der Waals surface area (Å²) >= 11 is 0. The summed E-state index contributed by atoms with van der Waals surface area (Å²) in [6, 6.07) is 16.9. The summed E-state index contributed by atoms with van der Waals surface area (Å²) in [5.74, 6) is -0.0566. The lowest BCUT2D eigenvalue weighted by atomic mass is 10.2. The van der Waals surface area contributed by atoms with Gasteiger partial charge in [-0.3, -0.25) is 14.5 Å². The van der Waals surface area contributed by atoms with Gasteiger partial charge in [-0.1, -0.05) is 30.3 Å². The summed E-state index contributed by atoms with van der Waals surface area (Å²) in [4.78, 5) is 24.8. The van der Waals surface area contributed by atoms with Gasteiger partial charge < -0.3 is 15.2 Å². The van der Waals surface area contributed by atoms with Crippen LogP contribution in [0.15, 0.2) is 66.4 Å². The fourth-order valence-corrected chi connectivity index (χ4v) is 2.43. The summed E-state index contributed by atoms with van der Waals surface area (Å²) < 4.78 is 5.68. The Hall–Kier alpha value is -3.12. The maximum absolute atomic E-state index is 12.1. The lowest BCUT2D eigenvalue weighted by molar-refractivity contribution is -0.137. The zero-order valence-electron chi connectivity index (χ0n) is 13.5. The van der Waals surface area contributed by atoms with Crippen molar-refractivity contribution in [2.75, 3.05) is 18.5 Å². The summed E-state index contributed by atoms with van der Waals surface area (Å²) in [6.07, 6.45) is 1.24. The van der Waals surface area contributed by atoms with Crippen molar-refractivity contribution < 1.29 is 19.4 Å². The van der Waals surface area contributed by atoms with Crippen molar-refractivity contribution in [2.45, 2.75) is 6.61 Å². The van der Waals surface area contributed by atoms with Gasteiger partial charge in [0.1, 0.15) is 18.1 Å². The van der Waals surface area contributed by atoms with Crippen LogP contribution in [0, 0.1) is 0 Å². The first-order valence-electron chi connectivity index (χ1n) is 7.89. The number of benzene rings is 2. The third-order valence-electron chi connectivity index (χ3n) is 3.71. The van der Waals surface area contributed by atoms with Gasteiger partial charge in [0.15, 0.2) is 0 Å². The minimum Gasteiger partial charge on any atom is -0.489 e. The van der Waals surface area contributed by atoms with Crippen LogP contribution >= 0.6 is 0 Å². The van der Waals surface area contributed by atoms with Gasteiger partial charge in [-0.05, 0) is 29.8 Å². The Morgan fingerprint density at radius 3 is 2.40 bits per heavy atom. The molecule has 2 aromatic carbocycles. The molecule has 0 aromatic heterocycles. The highest BCUT2D eigenvalue weighted by atomic mass is 16.5. The molecule has 6 nitrogen and oxygen atoms in total. The maximum atomic E-state index is 12.1. The van der Waals surface area contributed by atoms with E-state index in [-0.39, 0.29) is 18.8 Å². The fraction of sp³-hybridized carbons (Fsp3) is 0.158. The number of aliphatic hydroxyl groups excluding tert-OH is 1. The molecule has 0 saturated heterocycles. The molecule has 3 rings (SSSR count). The molecule has 2 aromatic rings. The maximum Gasteiger partial charge on any atom is 0.277 e. The minimum atomic E-state index is -0.435. The van der Waals surface area contributed by atoms with Crippen molar-refractivity contribution in [1.29, 1.82) is 0 Å². The van der Waals surface area contributed by atoms with Crippen LogP contribution in [0.1, 0.15) is 5.56 Å². The molecule has 6 heteroatoms. The Morgan fingerprint density at radius 2 is 1.72 bits per heavy atom. The topological polar surface area (TPSA) is 78.9 Å². The predicted molar refractivity (Wildman–Crippen MR) is 92.7 cm³/mol. The minimum absolute atomic E-state index is 0.00485. The van der Waals surface area contributed by atoms with E-state index in [0.29, 0.717) is 12.3 Å². The average Bonchev–Trinajstić information content (AvgIpc) is 2.90. The van der Waals surface area contributed by atoms with E-state index in [1.165, 1.54) is 6.08 Å². The molecule has 0 radical (unpaired) electrons. The van der Waals surface area contributed by atoms with Gasteiger partial charge in [0.05, 0.1) is 13.2 Å². The molecule has 1 aliphatic heterocycles. The number of β-amino-alcohol motifs (C(OH)–C–C–N with tert-alkyl or cyclic N) is 1. The standard InChI is InChI=1S/C19H18N2O4/c22-11-10-21-18(23)12-17(19(21)24)20-15-8-6-14(7-9-15)13-25-16-4-2-1-3-5-16/h1-9,12,20,22H,10-11,13H2. The van der Waals surface area contributed by atoms with Gasteiger partial charge in [0.25, 0.3) is 11.8 Å². The zero-order valence-corrected chi connectivity index (χ0v) is 13.5. The van der Waals surface area contributed by atoms with Crippen LogP contribution in [0.4, 0.5) is 5.69 Å². The molecule has 128 valence electrons. The Morgan fingerprint density at radius 1 is 1.00 bits per heavy atom. The van der Waals surface area contributed by atoms with E-state index in [0.717, 1.165) is 16.2 Å². The molecule has 0 fully saturated rings. The predicted octanol–water partition coefficient (Wildman–Crippen LogP) is 1.92. The molecular weight excluding hydrogens is 320 g/mol. The van der Waals surface area contributed by atoms with E-state index in [1.807, 2.05) is 54.6 Å².